The number of para-hydroxylation sites is 1. The molecular formula is C19H19N3O3. The molecular weight excluding hydrogens is 318 g/mol. The molecule has 1 heterocycles. The zero-order valence-electron chi connectivity index (χ0n) is 13.6. The van der Waals surface area contributed by atoms with Crippen molar-refractivity contribution in [2.24, 2.45) is 0 Å². The molecule has 0 aromatic heterocycles. The highest BCUT2D eigenvalue weighted by molar-refractivity contribution is 6.00. The van der Waals surface area contributed by atoms with Gasteiger partial charge in [-0.15, -0.1) is 0 Å². The molecule has 3 amide bonds. The van der Waals surface area contributed by atoms with Gasteiger partial charge in [-0.1, -0.05) is 48.5 Å². The summed E-state index contributed by atoms with van der Waals surface area (Å²) in [4.78, 5) is 38.2. The number of anilines is 1. The van der Waals surface area contributed by atoms with Crippen molar-refractivity contribution in [2.45, 2.75) is 19.0 Å². The van der Waals surface area contributed by atoms with Crippen LogP contribution in [-0.2, 0) is 20.9 Å². The van der Waals surface area contributed by atoms with Gasteiger partial charge in [0.1, 0.15) is 6.04 Å². The van der Waals surface area contributed by atoms with Crippen LogP contribution in [0.4, 0.5) is 5.69 Å². The van der Waals surface area contributed by atoms with Crippen LogP contribution in [0, 0.1) is 0 Å². The van der Waals surface area contributed by atoms with E-state index in [-0.39, 0.29) is 30.7 Å². The first-order valence-electron chi connectivity index (χ1n) is 8.09. The first kappa shape index (κ1) is 16.7. The van der Waals surface area contributed by atoms with E-state index >= 15 is 0 Å². The van der Waals surface area contributed by atoms with Crippen LogP contribution in [-0.4, -0.2) is 35.2 Å². The van der Waals surface area contributed by atoms with Crippen molar-refractivity contribution in [1.82, 2.24) is 10.2 Å². The first-order valence-corrected chi connectivity index (χ1v) is 8.09. The predicted octanol–water partition coefficient (Wildman–Crippen LogP) is 1.54. The number of hydrogen-bond acceptors (Lipinski definition) is 3. The molecule has 2 N–H and O–H groups in total. The fourth-order valence-corrected chi connectivity index (χ4v) is 2.77. The third kappa shape index (κ3) is 4.44. The predicted molar refractivity (Wildman–Crippen MR) is 93.5 cm³/mol. The van der Waals surface area contributed by atoms with Crippen LogP contribution in [0.1, 0.15) is 12.0 Å². The normalized spacial score (nSPS) is 17.1. The number of nitrogens with one attached hydrogen (secondary N) is 2. The quantitative estimate of drug-likeness (QED) is 0.869. The van der Waals surface area contributed by atoms with Crippen LogP contribution < -0.4 is 10.6 Å². The molecule has 128 valence electrons. The van der Waals surface area contributed by atoms with Gasteiger partial charge in [-0.25, -0.2) is 0 Å². The molecule has 2 aromatic carbocycles. The van der Waals surface area contributed by atoms with Crippen LogP contribution in [0.3, 0.4) is 0 Å². The number of carbonyl (C=O) groups is 3. The molecule has 1 atom stereocenters. The highest BCUT2D eigenvalue weighted by atomic mass is 16.2. The summed E-state index contributed by atoms with van der Waals surface area (Å²) in [5, 5.41) is 5.34. The number of nitrogens with zero attached hydrogens (tertiary/aromatic N) is 1. The molecule has 1 unspecified atom stereocenters. The van der Waals surface area contributed by atoms with E-state index in [0.29, 0.717) is 12.2 Å². The van der Waals surface area contributed by atoms with Crippen LogP contribution in [0.25, 0.3) is 0 Å². The smallest absolute Gasteiger partial charge is 0.246 e. The van der Waals surface area contributed by atoms with Crippen molar-refractivity contribution < 1.29 is 14.4 Å². The zero-order valence-corrected chi connectivity index (χ0v) is 13.6. The van der Waals surface area contributed by atoms with E-state index in [9.17, 15) is 14.4 Å². The van der Waals surface area contributed by atoms with Gasteiger partial charge in [0, 0.05) is 12.2 Å². The van der Waals surface area contributed by atoms with Gasteiger partial charge in [0.05, 0.1) is 13.0 Å². The molecule has 1 saturated heterocycles. The van der Waals surface area contributed by atoms with E-state index in [1.165, 1.54) is 4.90 Å². The average molecular weight is 337 g/mol. The lowest BCUT2D eigenvalue weighted by molar-refractivity contribution is -0.145. The Bertz CT molecular complexity index is 762. The van der Waals surface area contributed by atoms with Crippen molar-refractivity contribution >= 4 is 23.4 Å². The minimum atomic E-state index is -0.839. The maximum absolute atomic E-state index is 12.6. The molecule has 1 fully saturated rings. The van der Waals surface area contributed by atoms with Gasteiger partial charge in [0.2, 0.25) is 17.7 Å². The largest absolute Gasteiger partial charge is 0.342 e. The Morgan fingerprint density at radius 2 is 1.68 bits per heavy atom. The summed E-state index contributed by atoms with van der Waals surface area (Å²) in [6, 6.07) is 17.6. The zero-order chi connectivity index (χ0) is 17.6. The Labute approximate surface area is 145 Å². The Morgan fingerprint density at radius 1 is 1.04 bits per heavy atom. The summed E-state index contributed by atoms with van der Waals surface area (Å²) < 4.78 is 0. The summed E-state index contributed by atoms with van der Waals surface area (Å²) >= 11 is 0. The molecule has 6 nitrogen and oxygen atoms in total. The lowest BCUT2D eigenvalue weighted by Crippen LogP contribution is -2.58. The fraction of sp³-hybridized carbons (Fsp3) is 0.211. The second kappa shape index (κ2) is 7.61. The second-order valence-electron chi connectivity index (χ2n) is 5.92. The molecule has 0 aliphatic carbocycles. The molecule has 1 aliphatic heterocycles. The monoisotopic (exact) mass is 337 g/mol. The van der Waals surface area contributed by atoms with Gasteiger partial charge < -0.3 is 15.5 Å². The molecule has 0 saturated carbocycles. The van der Waals surface area contributed by atoms with E-state index in [4.69, 9.17) is 0 Å². The topological polar surface area (TPSA) is 78.5 Å². The van der Waals surface area contributed by atoms with Gasteiger partial charge in [0.25, 0.3) is 0 Å². The van der Waals surface area contributed by atoms with Gasteiger partial charge in [-0.05, 0) is 17.7 Å². The number of piperazine rings is 1. The third-order valence-electron chi connectivity index (χ3n) is 3.94. The molecule has 6 heteroatoms. The number of hydrogen-bond donors (Lipinski definition) is 2. The summed E-state index contributed by atoms with van der Waals surface area (Å²) in [7, 11) is 0. The Hall–Kier alpha value is -3.15. The fourth-order valence-electron chi connectivity index (χ4n) is 2.77. The lowest BCUT2D eigenvalue weighted by atomic mass is 10.1. The summed E-state index contributed by atoms with van der Waals surface area (Å²) in [6.07, 6.45) is -0.0925. The maximum Gasteiger partial charge on any atom is 0.246 e. The molecule has 0 spiro atoms. The van der Waals surface area contributed by atoms with E-state index in [1.807, 2.05) is 48.5 Å². The molecule has 25 heavy (non-hydrogen) atoms. The third-order valence-corrected chi connectivity index (χ3v) is 3.94. The van der Waals surface area contributed by atoms with Crippen LogP contribution >= 0.6 is 0 Å². The Morgan fingerprint density at radius 3 is 2.36 bits per heavy atom. The second-order valence-corrected chi connectivity index (χ2v) is 5.92. The minimum Gasteiger partial charge on any atom is -0.342 e. The summed E-state index contributed by atoms with van der Waals surface area (Å²) in [5.74, 6) is -0.814. The first-order chi connectivity index (χ1) is 12.1. The number of rotatable bonds is 5. The van der Waals surface area contributed by atoms with E-state index < -0.39 is 6.04 Å². The number of benzene rings is 2. The lowest BCUT2D eigenvalue weighted by Gasteiger charge is -2.32. The van der Waals surface area contributed by atoms with E-state index in [2.05, 4.69) is 10.6 Å². The Balaban J connectivity index is 1.63. The van der Waals surface area contributed by atoms with E-state index in [0.717, 1.165) is 5.56 Å². The average Bonchev–Trinajstić information content (AvgIpc) is 2.60. The van der Waals surface area contributed by atoms with Crippen molar-refractivity contribution in [2.75, 3.05) is 11.9 Å². The van der Waals surface area contributed by atoms with E-state index in [1.54, 1.807) is 12.1 Å². The minimum absolute atomic E-state index is 0.00450. The highest BCUT2D eigenvalue weighted by Gasteiger charge is 2.33. The summed E-state index contributed by atoms with van der Waals surface area (Å²) in [5.41, 5.74) is 1.60. The van der Waals surface area contributed by atoms with Crippen molar-refractivity contribution in [1.29, 1.82) is 0 Å². The molecule has 0 radical (unpaired) electrons. The van der Waals surface area contributed by atoms with Crippen molar-refractivity contribution in [3.05, 3.63) is 66.2 Å². The maximum atomic E-state index is 12.6. The molecule has 3 rings (SSSR count). The highest BCUT2D eigenvalue weighted by Crippen LogP contribution is 2.13. The number of amides is 3. The number of carbonyl (C=O) groups excluding carboxylic acids is 3. The van der Waals surface area contributed by atoms with Gasteiger partial charge in [-0.3, -0.25) is 14.4 Å². The van der Waals surface area contributed by atoms with Gasteiger partial charge in [-0.2, -0.15) is 0 Å². The van der Waals surface area contributed by atoms with Crippen LogP contribution in [0.5, 0.6) is 0 Å². The Kier molecular flexibility index (Phi) is 5.09. The van der Waals surface area contributed by atoms with Crippen LogP contribution in [0.15, 0.2) is 60.7 Å². The van der Waals surface area contributed by atoms with Crippen LogP contribution in [0.2, 0.25) is 0 Å². The van der Waals surface area contributed by atoms with Gasteiger partial charge >= 0.3 is 0 Å². The SMILES string of the molecule is O=C(CC1NC(=O)CN(Cc2ccccc2)C1=O)Nc1ccccc1. The van der Waals surface area contributed by atoms with Gasteiger partial charge in [0.15, 0.2) is 0 Å². The molecule has 1 aliphatic rings. The summed E-state index contributed by atoms with van der Waals surface area (Å²) in [6.45, 7) is 0.356. The van der Waals surface area contributed by atoms with Crippen molar-refractivity contribution in [3.63, 3.8) is 0 Å². The molecule has 0 bridgehead atoms. The standard InChI is InChI=1S/C19H19N3O3/c23-17(20-15-9-5-2-6-10-15)11-16-19(25)22(13-18(24)21-16)12-14-7-3-1-4-8-14/h1-10,16H,11-13H2,(H,20,23)(H,21,24). The van der Waals surface area contributed by atoms with Crippen molar-refractivity contribution in [3.8, 4) is 0 Å². The molecule has 2 aromatic rings.